The second-order valence-corrected chi connectivity index (χ2v) is 9.43. The summed E-state index contributed by atoms with van der Waals surface area (Å²) in [7, 11) is 0. The predicted molar refractivity (Wildman–Crippen MR) is 127 cm³/mol. The third kappa shape index (κ3) is 5.18. The van der Waals surface area contributed by atoms with E-state index in [1.807, 2.05) is 0 Å². The number of nitrogens with zero attached hydrogens (tertiary/aromatic N) is 2. The van der Waals surface area contributed by atoms with Crippen molar-refractivity contribution in [3.63, 3.8) is 0 Å². The van der Waals surface area contributed by atoms with Gasteiger partial charge in [-0.05, 0) is 62.3 Å². The molecule has 3 rings (SSSR count). The van der Waals surface area contributed by atoms with E-state index in [2.05, 4.69) is 91.6 Å². The molecule has 3 nitrogen and oxygen atoms in total. The molecular formula is C23H30Br2N2O. The molecule has 1 atom stereocenters. The van der Waals surface area contributed by atoms with Crippen molar-refractivity contribution in [3.05, 3.63) is 45.3 Å². The average molecular weight is 510 g/mol. The zero-order valence-corrected chi connectivity index (χ0v) is 20.0. The van der Waals surface area contributed by atoms with Gasteiger partial charge in [0.2, 0.25) is 0 Å². The first-order valence-corrected chi connectivity index (χ1v) is 11.9. The molecule has 28 heavy (non-hydrogen) atoms. The summed E-state index contributed by atoms with van der Waals surface area (Å²) in [4.78, 5) is 2.43. The first kappa shape index (κ1) is 21.8. The second kappa shape index (κ2) is 10.2. The minimum absolute atomic E-state index is 0.389. The molecule has 0 saturated carbocycles. The minimum atomic E-state index is -0.389. The minimum Gasteiger partial charge on any atom is -0.390 e. The van der Waals surface area contributed by atoms with Crippen LogP contribution in [0.25, 0.3) is 21.8 Å². The van der Waals surface area contributed by atoms with Gasteiger partial charge in [0, 0.05) is 37.3 Å². The number of aliphatic hydroxyl groups excluding tert-OH is 1. The molecule has 5 heteroatoms. The molecule has 1 aromatic heterocycles. The smallest absolute Gasteiger partial charge is 0.0845 e. The van der Waals surface area contributed by atoms with E-state index in [0.717, 1.165) is 28.6 Å². The number of benzene rings is 2. The fourth-order valence-corrected chi connectivity index (χ4v) is 4.59. The standard InChI is InChI=1S/C23H30Br2N2O/c1-3-5-11-26(12-6-4-2)15-19(28)16-27-22-9-7-17(24)13-20(22)21-14-18(25)8-10-23(21)27/h7-10,13-14,19,28H,3-6,11-12,15-16H2,1-2H3/t19-/m1/s1. The molecule has 0 fully saturated rings. The van der Waals surface area contributed by atoms with Gasteiger partial charge in [-0.15, -0.1) is 0 Å². The predicted octanol–water partition coefficient (Wildman–Crippen LogP) is 6.58. The van der Waals surface area contributed by atoms with Gasteiger partial charge < -0.3 is 14.6 Å². The number of unbranched alkanes of at least 4 members (excludes halogenated alkanes) is 2. The second-order valence-electron chi connectivity index (χ2n) is 7.60. The van der Waals surface area contributed by atoms with Gasteiger partial charge in [0.15, 0.2) is 0 Å². The Kier molecular flexibility index (Phi) is 7.98. The third-order valence-electron chi connectivity index (χ3n) is 5.31. The van der Waals surface area contributed by atoms with Gasteiger partial charge in [0.25, 0.3) is 0 Å². The molecule has 0 saturated heterocycles. The molecule has 152 valence electrons. The molecule has 3 aromatic rings. The number of hydrogen-bond donors (Lipinski definition) is 1. The van der Waals surface area contributed by atoms with Crippen LogP contribution in [0.1, 0.15) is 39.5 Å². The van der Waals surface area contributed by atoms with Crippen LogP contribution in [0.2, 0.25) is 0 Å². The van der Waals surface area contributed by atoms with Crippen molar-refractivity contribution < 1.29 is 5.11 Å². The lowest BCUT2D eigenvalue weighted by molar-refractivity contribution is 0.0982. The van der Waals surface area contributed by atoms with E-state index in [1.165, 1.54) is 47.5 Å². The molecule has 0 bridgehead atoms. The fourth-order valence-electron chi connectivity index (χ4n) is 3.87. The zero-order valence-electron chi connectivity index (χ0n) is 16.8. The van der Waals surface area contributed by atoms with E-state index in [1.54, 1.807) is 0 Å². The van der Waals surface area contributed by atoms with Gasteiger partial charge in [-0.1, -0.05) is 58.5 Å². The van der Waals surface area contributed by atoms with Crippen LogP contribution in [-0.2, 0) is 6.54 Å². The molecule has 1 N–H and O–H groups in total. The SMILES string of the molecule is CCCCN(CCCC)C[C@@H](O)Cn1c2ccc(Br)cc2c2cc(Br)ccc21. The maximum Gasteiger partial charge on any atom is 0.0845 e. The van der Waals surface area contributed by atoms with Gasteiger partial charge in [-0.2, -0.15) is 0 Å². The molecule has 0 spiro atoms. The Balaban J connectivity index is 1.87. The highest BCUT2D eigenvalue weighted by Crippen LogP contribution is 2.33. The topological polar surface area (TPSA) is 28.4 Å². The fraction of sp³-hybridized carbons (Fsp3) is 0.478. The Hall–Kier alpha value is -0.880. The van der Waals surface area contributed by atoms with Crippen LogP contribution in [0.15, 0.2) is 45.3 Å². The average Bonchev–Trinajstić information content (AvgIpc) is 2.96. The monoisotopic (exact) mass is 508 g/mol. The van der Waals surface area contributed by atoms with Crippen LogP contribution in [0, 0.1) is 0 Å². The summed E-state index contributed by atoms with van der Waals surface area (Å²) >= 11 is 7.20. The molecule has 0 amide bonds. The van der Waals surface area contributed by atoms with Crippen molar-refractivity contribution in [3.8, 4) is 0 Å². The zero-order chi connectivity index (χ0) is 20.1. The Labute approximate surface area is 185 Å². The van der Waals surface area contributed by atoms with Crippen LogP contribution in [-0.4, -0.2) is 40.3 Å². The van der Waals surface area contributed by atoms with E-state index in [-0.39, 0.29) is 6.10 Å². The quantitative estimate of drug-likeness (QED) is 0.334. The molecule has 0 aliphatic carbocycles. The number of aromatic nitrogens is 1. The molecular weight excluding hydrogens is 480 g/mol. The number of aliphatic hydroxyl groups is 1. The lowest BCUT2D eigenvalue weighted by Gasteiger charge is -2.25. The number of fused-ring (bicyclic) bond motifs is 3. The van der Waals surface area contributed by atoms with Crippen LogP contribution in [0.3, 0.4) is 0 Å². The van der Waals surface area contributed by atoms with Crippen LogP contribution in [0.4, 0.5) is 0 Å². The van der Waals surface area contributed by atoms with E-state index < -0.39 is 0 Å². The van der Waals surface area contributed by atoms with Crippen molar-refractivity contribution in [1.82, 2.24) is 9.47 Å². The normalized spacial score (nSPS) is 13.1. The first-order valence-electron chi connectivity index (χ1n) is 10.3. The van der Waals surface area contributed by atoms with Gasteiger partial charge in [-0.25, -0.2) is 0 Å². The highest BCUT2D eigenvalue weighted by Gasteiger charge is 2.17. The van der Waals surface area contributed by atoms with Gasteiger partial charge in [0.1, 0.15) is 0 Å². The first-order chi connectivity index (χ1) is 13.5. The van der Waals surface area contributed by atoms with Crippen LogP contribution >= 0.6 is 31.9 Å². The largest absolute Gasteiger partial charge is 0.390 e. The number of hydrogen-bond acceptors (Lipinski definition) is 2. The lowest BCUT2D eigenvalue weighted by Crippen LogP contribution is -2.36. The van der Waals surface area contributed by atoms with Gasteiger partial charge >= 0.3 is 0 Å². The maximum atomic E-state index is 10.9. The van der Waals surface area contributed by atoms with Crippen molar-refractivity contribution in [2.24, 2.45) is 0 Å². The van der Waals surface area contributed by atoms with Crippen molar-refractivity contribution in [2.45, 2.75) is 52.2 Å². The summed E-state index contributed by atoms with van der Waals surface area (Å²) in [6.07, 6.45) is 4.37. The number of rotatable bonds is 10. The third-order valence-corrected chi connectivity index (χ3v) is 6.29. The van der Waals surface area contributed by atoms with E-state index in [0.29, 0.717) is 6.54 Å². The van der Waals surface area contributed by atoms with E-state index >= 15 is 0 Å². The van der Waals surface area contributed by atoms with E-state index in [4.69, 9.17) is 0 Å². The van der Waals surface area contributed by atoms with Crippen molar-refractivity contribution >= 4 is 53.7 Å². The van der Waals surface area contributed by atoms with E-state index in [9.17, 15) is 5.11 Å². The Morgan fingerprint density at radius 1 is 0.893 bits per heavy atom. The molecule has 0 aliphatic rings. The van der Waals surface area contributed by atoms with Crippen molar-refractivity contribution in [2.75, 3.05) is 19.6 Å². The molecule has 0 unspecified atom stereocenters. The summed E-state index contributed by atoms with van der Waals surface area (Å²) in [5, 5.41) is 13.4. The lowest BCUT2D eigenvalue weighted by atomic mass is 10.2. The molecule has 0 radical (unpaired) electrons. The highest BCUT2D eigenvalue weighted by atomic mass is 79.9. The molecule has 0 aliphatic heterocycles. The summed E-state index contributed by atoms with van der Waals surface area (Å²) in [6.45, 7) is 7.93. The maximum absolute atomic E-state index is 10.9. The molecule has 2 aromatic carbocycles. The van der Waals surface area contributed by atoms with Crippen LogP contribution in [0.5, 0.6) is 0 Å². The summed E-state index contributed by atoms with van der Waals surface area (Å²) in [5.41, 5.74) is 2.34. The Morgan fingerprint density at radius 3 is 1.86 bits per heavy atom. The number of halogens is 2. The van der Waals surface area contributed by atoms with Gasteiger partial charge in [0.05, 0.1) is 12.6 Å². The summed E-state index contributed by atoms with van der Waals surface area (Å²) < 4.78 is 4.42. The summed E-state index contributed by atoms with van der Waals surface area (Å²) in [5.74, 6) is 0. The van der Waals surface area contributed by atoms with Crippen LogP contribution < -0.4 is 0 Å². The van der Waals surface area contributed by atoms with Crippen molar-refractivity contribution in [1.29, 1.82) is 0 Å². The Morgan fingerprint density at radius 2 is 1.39 bits per heavy atom. The Bertz CT molecular complexity index is 854. The molecule has 1 heterocycles. The highest BCUT2D eigenvalue weighted by molar-refractivity contribution is 9.10. The van der Waals surface area contributed by atoms with Gasteiger partial charge in [-0.3, -0.25) is 0 Å². The summed E-state index contributed by atoms with van der Waals surface area (Å²) in [6, 6.07) is 12.8.